The molecule has 8 rings (SSSR count). The minimum atomic E-state index is -1.83. The number of phenols is 1. The van der Waals surface area contributed by atoms with Crippen molar-refractivity contribution >= 4 is 86.7 Å². The van der Waals surface area contributed by atoms with Crippen molar-refractivity contribution in [2.24, 2.45) is 23.7 Å². The number of benzene rings is 4. The second kappa shape index (κ2) is 14.3. The van der Waals surface area contributed by atoms with E-state index in [0.717, 1.165) is 9.91 Å². The van der Waals surface area contributed by atoms with Gasteiger partial charge in [0.25, 0.3) is 11.8 Å². The van der Waals surface area contributed by atoms with E-state index < -0.39 is 65.8 Å². The van der Waals surface area contributed by atoms with Gasteiger partial charge in [0.05, 0.1) is 53.8 Å². The maximum atomic E-state index is 15.5. The minimum absolute atomic E-state index is 0.0131. The van der Waals surface area contributed by atoms with Crippen molar-refractivity contribution in [1.82, 2.24) is 5.01 Å². The second-order valence-corrected chi connectivity index (χ2v) is 16.0. The molecule has 0 spiro atoms. The molecule has 56 heavy (non-hydrogen) atoms. The minimum Gasteiger partial charge on any atom is -0.504 e. The summed E-state index contributed by atoms with van der Waals surface area (Å²) >= 11 is 16.3. The van der Waals surface area contributed by atoms with Crippen LogP contribution in [0, 0.1) is 23.7 Å². The second-order valence-electron chi connectivity index (χ2n) is 14.2. The lowest BCUT2D eigenvalue weighted by atomic mass is 9.49. The van der Waals surface area contributed by atoms with E-state index in [4.69, 9.17) is 32.7 Å². The van der Waals surface area contributed by atoms with Crippen LogP contribution in [0.15, 0.2) is 95.0 Å². The first-order chi connectivity index (χ1) is 26.8. The molecule has 12 nitrogen and oxygen atoms in total. The zero-order valence-electron chi connectivity index (χ0n) is 29.8. The first kappa shape index (κ1) is 38.0. The molecule has 1 saturated carbocycles. The van der Waals surface area contributed by atoms with E-state index in [1.54, 1.807) is 54.6 Å². The summed E-state index contributed by atoms with van der Waals surface area (Å²) in [5, 5.41) is 33.1. The highest BCUT2D eigenvalue weighted by Crippen LogP contribution is 2.65. The molecule has 2 saturated heterocycles. The van der Waals surface area contributed by atoms with Crippen molar-refractivity contribution in [3.63, 3.8) is 0 Å². The summed E-state index contributed by atoms with van der Waals surface area (Å²) in [5.74, 6) is -6.60. The van der Waals surface area contributed by atoms with Gasteiger partial charge >= 0.3 is 7.12 Å². The predicted molar refractivity (Wildman–Crippen MR) is 212 cm³/mol. The molecule has 6 unspecified atom stereocenters. The van der Waals surface area contributed by atoms with E-state index >= 15 is 9.59 Å². The lowest BCUT2D eigenvalue weighted by molar-refractivity contribution is -0.138. The number of nitrogens with one attached hydrogen (secondary N) is 1. The number of nitrogens with zero attached hydrogens (tertiary/aromatic N) is 2. The van der Waals surface area contributed by atoms with Gasteiger partial charge in [-0.15, -0.1) is 0 Å². The number of carbonyl (C=O) groups is 4. The molecule has 2 aliphatic heterocycles. The summed E-state index contributed by atoms with van der Waals surface area (Å²) in [7, 11) is 1.08. The largest absolute Gasteiger partial charge is 0.504 e. The molecule has 4 aromatic rings. The molecule has 4 N–H and O–H groups in total. The third-order valence-electron chi connectivity index (χ3n) is 11.6. The summed E-state index contributed by atoms with van der Waals surface area (Å²) < 4.78 is 11.6. The third-order valence-corrected chi connectivity index (χ3v) is 12.6. The van der Waals surface area contributed by atoms with Crippen LogP contribution in [0.25, 0.3) is 0 Å². The molecule has 0 aromatic heterocycles. The number of imide groups is 2. The number of rotatable bonds is 8. The highest BCUT2D eigenvalue weighted by Gasteiger charge is 2.71. The maximum Gasteiger partial charge on any atom is 0.488 e. The number of carbonyl (C=O) groups excluding carboxylic acids is 4. The maximum absolute atomic E-state index is 15.5. The van der Waals surface area contributed by atoms with Crippen molar-refractivity contribution in [2.75, 3.05) is 24.5 Å². The van der Waals surface area contributed by atoms with E-state index in [1.807, 2.05) is 6.08 Å². The Hall–Kier alpha value is -4.86. The van der Waals surface area contributed by atoms with Crippen molar-refractivity contribution in [3.8, 4) is 17.2 Å². The van der Waals surface area contributed by atoms with Gasteiger partial charge in [0.2, 0.25) is 11.8 Å². The number of halogens is 3. The van der Waals surface area contributed by atoms with Crippen LogP contribution in [0.1, 0.15) is 29.9 Å². The number of allylic oxidation sites excluding steroid dienone is 2. The van der Waals surface area contributed by atoms with Gasteiger partial charge in [-0.25, -0.2) is 0 Å². The quantitative estimate of drug-likeness (QED) is 0.103. The molecule has 4 amide bonds. The molecule has 2 aliphatic carbocycles. The lowest BCUT2D eigenvalue weighted by Gasteiger charge is -2.50. The fourth-order valence-corrected chi connectivity index (χ4v) is 10.1. The topological polar surface area (TPSA) is 166 Å². The van der Waals surface area contributed by atoms with Crippen LogP contribution >= 0.6 is 39.1 Å². The molecule has 2 heterocycles. The van der Waals surface area contributed by atoms with Crippen molar-refractivity contribution in [1.29, 1.82) is 0 Å². The van der Waals surface area contributed by atoms with Gasteiger partial charge in [0.1, 0.15) is 5.75 Å². The molecular formula is C40H33BBrCl2N3O9. The van der Waals surface area contributed by atoms with Gasteiger partial charge in [-0.3, -0.25) is 29.5 Å². The van der Waals surface area contributed by atoms with Gasteiger partial charge in [-0.1, -0.05) is 75.0 Å². The summed E-state index contributed by atoms with van der Waals surface area (Å²) in [6.45, 7) is 0. The fraction of sp³-hybridized carbons (Fsp3) is 0.250. The summed E-state index contributed by atoms with van der Waals surface area (Å²) in [5.41, 5.74) is 3.06. The number of aromatic hydroxyl groups is 1. The van der Waals surface area contributed by atoms with Crippen LogP contribution in [0.3, 0.4) is 0 Å². The predicted octanol–water partition coefficient (Wildman–Crippen LogP) is 5.35. The zero-order chi connectivity index (χ0) is 39.8. The first-order valence-electron chi connectivity index (χ1n) is 17.7. The smallest absolute Gasteiger partial charge is 0.488 e. The Balaban J connectivity index is 1.35. The monoisotopic (exact) mass is 859 g/mol. The number of amides is 4. The van der Waals surface area contributed by atoms with Gasteiger partial charge in [-0.05, 0) is 84.4 Å². The van der Waals surface area contributed by atoms with Crippen molar-refractivity contribution < 1.29 is 43.8 Å². The number of ether oxygens (including phenoxy) is 2. The molecule has 3 fully saturated rings. The molecule has 0 bridgehead atoms. The Morgan fingerprint density at radius 1 is 0.893 bits per heavy atom. The molecular weight excluding hydrogens is 828 g/mol. The van der Waals surface area contributed by atoms with Gasteiger partial charge in [0.15, 0.2) is 11.5 Å². The highest BCUT2D eigenvalue weighted by molar-refractivity contribution is 9.10. The van der Waals surface area contributed by atoms with Crippen LogP contribution in [0.4, 0.5) is 11.4 Å². The number of phenolic OH excluding ortho intramolecular Hbond substituents is 1. The molecule has 286 valence electrons. The zero-order valence-corrected chi connectivity index (χ0v) is 32.9. The Bertz CT molecular complexity index is 2360. The van der Waals surface area contributed by atoms with E-state index in [1.165, 1.54) is 38.5 Å². The summed E-state index contributed by atoms with van der Waals surface area (Å²) in [6.07, 6.45) is 1.97. The normalized spacial score (nSPS) is 25.4. The number of hydrogen-bond acceptors (Lipinski definition) is 10. The van der Waals surface area contributed by atoms with Crippen LogP contribution in [-0.2, 0) is 24.6 Å². The van der Waals surface area contributed by atoms with E-state index in [-0.39, 0.29) is 51.8 Å². The molecule has 4 aliphatic rings. The number of fused-ring (bicyclic) bond motifs is 4. The number of anilines is 2. The number of methoxy groups -OCH3 is 2. The highest BCUT2D eigenvalue weighted by atomic mass is 79.9. The lowest BCUT2D eigenvalue weighted by Crippen LogP contribution is -2.53. The van der Waals surface area contributed by atoms with Gasteiger partial charge in [-0.2, -0.15) is 5.01 Å². The average Bonchev–Trinajstić information content (AvgIpc) is 3.57. The third kappa shape index (κ3) is 5.72. The van der Waals surface area contributed by atoms with Gasteiger partial charge < -0.3 is 24.6 Å². The summed E-state index contributed by atoms with van der Waals surface area (Å²) in [4.78, 5) is 60.4. The molecule has 0 radical (unpaired) electrons. The van der Waals surface area contributed by atoms with E-state index in [2.05, 4.69) is 21.4 Å². The summed E-state index contributed by atoms with van der Waals surface area (Å²) in [6, 6.07) is 20.6. The fourth-order valence-electron chi connectivity index (χ4n) is 9.24. The van der Waals surface area contributed by atoms with Crippen molar-refractivity contribution in [3.05, 3.63) is 116 Å². The molecule has 6 atom stereocenters. The Labute approximate surface area is 339 Å². The molecule has 4 aromatic carbocycles. The number of hydrogen-bond donors (Lipinski definition) is 4. The molecule has 16 heteroatoms. The standard InChI is InChI=1S/C40H33BBrCl2N3O9/c1-55-24-9-6-19(7-10-24)40-29(37(50)47(39(40)52)45-31-13-8-22(43)17-30(31)44)18-27-25(34(40)28-15-21(42)16-32(56-2)35(28)48)11-12-26-33(27)38(51)46(36(26)49)23-5-3-4-20(14-23)41(53)54/h3-11,13-17,26-27,29,33-34,45,48,53-54H,12,18H2,1-2H3. The Morgan fingerprint density at radius 3 is 2.32 bits per heavy atom. The SMILES string of the molecule is COc1ccc(C23C(=O)N(Nc4ccc(Cl)cc4Cl)C(=O)C2CC2C(=CCC4C(=O)N(c5cccc(B(O)O)c5)C(=O)C42)C3c2cc(Br)cc(OC)c2O)cc1. The van der Waals surface area contributed by atoms with Crippen LogP contribution in [-0.4, -0.2) is 65.1 Å². The van der Waals surface area contributed by atoms with Crippen LogP contribution in [0.5, 0.6) is 17.2 Å². The van der Waals surface area contributed by atoms with Gasteiger partial charge in [0, 0.05) is 21.0 Å². The van der Waals surface area contributed by atoms with E-state index in [9.17, 15) is 24.7 Å². The average molecular weight is 861 g/mol. The van der Waals surface area contributed by atoms with Crippen LogP contribution in [0.2, 0.25) is 10.0 Å². The van der Waals surface area contributed by atoms with E-state index in [0.29, 0.717) is 26.4 Å². The van der Waals surface area contributed by atoms with Crippen molar-refractivity contribution in [2.45, 2.75) is 24.2 Å². The Morgan fingerprint density at radius 2 is 1.64 bits per heavy atom. The van der Waals surface area contributed by atoms with Crippen LogP contribution < -0.4 is 25.3 Å². The first-order valence-corrected chi connectivity index (χ1v) is 19.2. The Kier molecular flexibility index (Phi) is 9.69. The number of hydrazine groups is 1.